The molecule has 0 fully saturated rings. The largest absolute Gasteiger partial charge is 0.508 e. The number of carbonyl (C=O) groups is 5. The number of phenols is 1. The zero-order valence-electron chi connectivity index (χ0n) is 18.3. The molecule has 0 aliphatic rings. The Hall–Kier alpha value is -3.75. The lowest BCUT2D eigenvalue weighted by Crippen LogP contribution is -2.59. The summed E-state index contributed by atoms with van der Waals surface area (Å²) in [4.78, 5) is 59.9. The van der Waals surface area contributed by atoms with Crippen LogP contribution in [0.25, 0.3) is 0 Å². The number of aliphatic hydroxyl groups is 2. The zero-order valence-corrected chi connectivity index (χ0v) is 18.3. The van der Waals surface area contributed by atoms with Gasteiger partial charge in [0.15, 0.2) is 0 Å². The standard InChI is InChI=1S/C20H29N5O9/c1-9(27)16(22)19(32)25-14(8-26)18(31)23-12(6-10-2-4-11(28)5-3-10)17(30)24-13(20(33)34)7-15(21)29/h2-5,9,12-14,16,26-28H,6-8,22H2,1H3,(H2,21,29)(H,23,31)(H,24,30)(H,25,32)(H,33,34). The summed E-state index contributed by atoms with van der Waals surface area (Å²) in [6.45, 7) is 0.373. The third-order valence-corrected chi connectivity index (χ3v) is 4.67. The number of rotatable bonds is 13. The number of hydrogen-bond donors (Lipinski definition) is 9. The van der Waals surface area contributed by atoms with E-state index in [1.807, 2.05) is 0 Å². The van der Waals surface area contributed by atoms with E-state index in [4.69, 9.17) is 11.5 Å². The molecule has 0 saturated carbocycles. The van der Waals surface area contributed by atoms with Crippen LogP contribution in [0.1, 0.15) is 18.9 Å². The maximum absolute atomic E-state index is 12.8. The van der Waals surface area contributed by atoms with E-state index in [2.05, 4.69) is 16.0 Å². The van der Waals surface area contributed by atoms with Crippen LogP contribution in [-0.4, -0.2) is 86.9 Å². The van der Waals surface area contributed by atoms with Gasteiger partial charge in [-0.2, -0.15) is 0 Å². The molecule has 34 heavy (non-hydrogen) atoms. The summed E-state index contributed by atoms with van der Waals surface area (Å²) in [5.41, 5.74) is 11.0. The van der Waals surface area contributed by atoms with E-state index in [1.54, 1.807) is 0 Å². The Morgan fingerprint density at radius 3 is 1.88 bits per heavy atom. The molecule has 0 radical (unpaired) electrons. The molecule has 0 bridgehead atoms. The number of benzene rings is 1. The van der Waals surface area contributed by atoms with Gasteiger partial charge in [-0.25, -0.2) is 4.79 Å². The molecule has 11 N–H and O–H groups in total. The number of aliphatic carboxylic acids is 1. The topological polar surface area (TPSA) is 254 Å². The Morgan fingerprint density at radius 2 is 1.41 bits per heavy atom. The van der Waals surface area contributed by atoms with Gasteiger partial charge >= 0.3 is 5.97 Å². The summed E-state index contributed by atoms with van der Waals surface area (Å²) in [6, 6.07) is -0.457. The Balaban J connectivity index is 3.08. The summed E-state index contributed by atoms with van der Waals surface area (Å²) in [5, 5.41) is 44.1. The number of aromatic hydroxyl groups is 1. The second-order valence-electron chi connectivity index (χ2n) is 7.51. The van der Waals surface area contributed by atoms with Crippen LogP contribution in [0.3, 0.4) is 0 Å². The molecule has 0 heterocycles. The summed E-state index contributed by atoms with van der Waals surface area (Å²) in [6.07, 6.45) is -2.12. The molecule has 5 unspecified atom stereocenters. The van der Waals surface area contributed by atoms with Crippen molar-refractivity contribution in [3.8, 4) is 5.75 Å². The second kappa shape index (κ2) is 13.1. The van der Waals surface area contributed by atoms with Gasteiger partial charge in [-0.15, -0.1) is 0 Å². The predicted molar refractivity (Wildman–Crippen MR) is 116 cm³/mol. The summed E-state index contributed by atoms with van der Waals surface area (Å²) in [5.74, 6) is -5.50. The minimum atomic E-state index is -1.67. The minimum Gasteiger partial charge on any atom is -0.508 e. The highest BCUT2D eigenvalue weighted by atomic mass is 16.4. The van der Waals surface area contributed by atoms with E-state index in [-0.39, 0.29) is 12.2 Å². The van der Waals surface area contributed by atoms with Crippen molar-refractivity contribution in [1.29, 1.82) is 0 Å². The average molecular weight is 483 g/mol. The van der Waals surface area contributed by atoms with E-state index in [1.165, 1.54) is 31.2 Å². The molecule has 5 atom stereocenters. The highest BCUT2D eigenvalue weighted by Crippen LogP contribution is 2.12. The first kappa shape index (κ1) is 28.3. The van der Waals surface area contributed by atoms with Crippen LogP contribution in [0.5, 0.6) is 5.75 Å². The molecule has 14 heteroatoms. The van der Waals surface area contributed by atoms with Gasteiger partial charge in [0.1, 0.15) is 29.9 Å². The second-order valence-corrected chi connectivity index (χ2v) is 7.51. The van der Waals surface area contributed by atoms with E-state index in [9.17, 15) is 44.4 Å². The quantitative estimate of drug-likeness (QED) is 0.131. The number of aliphatic hydroxyl groups excluding tert-OH is 2. The minimum absolute atomic E-state index is 0.0568. The van der Waals surface area contributed by atoms with Crippen LogP contribution in [0.4, 0.5) is 0 Å². The number of phenolic OH excluding ortho intramolecular Hbond substituents is 1. The molecule has 0 spiro atoms. The van der Waals surface area contributed by atoms with Crippen molar-refractivity contribution in [3.05, 3.63) is 29.8 Å². The Labute approximate surface area is 194 Å². The molecule has 4 amide bonds. The van der Waals surface area contributed by atoms with E-state index in [0.29, 0.717) is 5.56 Å². The maximum Gasteiger partial charge on any atom is 0.326 e. The number of nitrogens with one attached hydrogen (secondary N) is 3. The average Bonchev–Trinajstić information content (AvgIpc) is 2.76. The third-order valence-electron chi connectivity index (χ3n) is 4.67. The fourth-order valence-electron chi connectivity index (χ4n) is 2.70. The van der Waals surface area contributed by atoms with E-state index in [0.717, 1.165) is 0 Å². The molecule has 1 aromatic carbocycles. The first-order valence-corrected chi connectivity index (χ1v) is 10.1. The number of carboxylic acids is 1. The fourth-order valence-corrected chi connectivity index (χ4v) is 2.70. The number of hydrogen-bond acceptors (Lipinski definition) is 9. The predicted octanol–water partition coefficient (Wildman–Crippen LogP) is -3.95. The third kappa shape index (κ3) is 9.01. The SMILES string of the molecule is CC(O)C(N)C(=O)NC(CO)C(=O)NC(Cc1ccc(O)cc1)C(=O)NC(CC(N)=O)C(=O)O. The number of carbonyl (C=O) groups excluding carboxylic acids is 4. The molecule has 188 valence electrons. The molecule has 1 rings (SSSR count). The van der Waals surface area contributed by atoms with Gasteiger partial charge in [0.2, 0.25) is 23.6 Å². The normalized spacial score (nSPS) is 15.2. The van der Waals surface area contributed by atoms with Crippen LogP contribution in [0.15, 0.2) is 24.3 Å². The van der Waals surface area contributed by atoms with E-state index < -0.39 is 72.9 Å². The van der Waals surface area contributed by atoms with E-state index >= 15 is 0 Å². The first-order valence-electron chi connectivity index (χ1n) is 10.1. The maximum atomic E-state index is 12.8. The van der Waals surface area contributed by atoms with Crippen molar-refractivity contribution in [1.82, 2.24) is 16.0 Å². The Kier molecular flexibility index (Phi) is 10.9. The van der Waals surface area contributed by atoms with Gasteiger partial charge in [0.25, 0.3) is 0 Å². The fraction of sp³-hybridized carbons (Fsp3) is 0.450. The molecular formula is C20H29N5O9. The Bertz CT molecular complexity index is 891. The van der Waals surface area contributed by atoms with Crippen molar-refractivity contribution in [2.75, 3.05) is 6.61 Å². The van der Waals surface area contributed by atoms with Gasteiger partial charge in [-0.1, -0.05) is 12.1 Å². The number of primary amides is 1. The lowest BCUT2D eigenvalue weighted by Gasteiger charge is -2.24. The van der Waals surface area contributed by atoms with Gasteiger partial charge < -0.3 is 47.8 Å². The molecule has 1 aromatic rings. The molecule has 0 aliphatic carbocycles. The molecule has 14 nitrogen and oxygen atoms in total. The van der Waals surface area contributed by atoms with Crippen LogP contribution < -0.4 is 27.4 Å². The number of nitrogens with two attached hydrogens (primary N) is 2. The first-order chi connectivity index (χ1) is 15.8. The summed E-state index contributed by atoms with van der Waals surface area (Å²) >= 11 is 0. The van der Waals surface area contributed by atoms with Crippen molar-refractivity contribution >= 4 is 29.6 Å². The van der Waals surface area contributed by atoms with Crippen LogP contribution in [-0.2, 0) is 30.4 Å². The van der Waals surface area contributed by atoms with Crippen molar-refractivity contribution in [2.45, 2.75) is 50.0 Å². The summed E-state index contributed by atoms with van der Waals surface area (Å²) < 4.78 is 0. The van der Waals surface area contributed by atoms with Crippen molar-refractivity contribution in [2.24, 2.45) is 11.5 Å². The summed E-state index contributed by atoms with van der Waals surface area (Å²) in [7, 11) is 0. The van der Waals surface area contributed by atoms with Crippen molar-refractivity contribution in [3.63, 3.8) is 0 Å². The Morgan fingerprint density at radius 1 is 0.912 bits per heavy atom. The van der Waals surface area contributed by atoms with Gasteiger partial charge in [0, 0.05) is 6.42 Å². The lowest BCUT2D eigenvalue weighted by molar-refractivity contribution is -0.143. The van der Waals surface area contributed by atoms with Crippen LogP contribution >= 0.6 is 0 Å². The van der Waals surface area contributed by atoms with Gasteiger partial charge in [-0.3, -0.25) is 19.2 Å². The zero-order chi connectivity index (χ0) is 26.0. The highest BCUT2D eigenvalue weighted by molar-refractivity contribution is 5.95. The monoisotopic (exact) mass is 483 g/mol. The smallest absolute Gasteiger partial charge is 0.326 e. The van der Waals surface area contributed by atoms with Gasteiger partial charge in [0.05, 0.1) is 19.1 Å². The van der Waals surface area contributed by atoms with Crippen LogP contribution in [0, 0.1) is 0 Å². The molecule has 0 saturated heterocycles. The number of amides is 4. The lowest BCUT2D eigenvalue weighted by atomic mass is 10.0. The van der Waals surface area contributed by atoms with Gasteiger partial charge in [-0.05, 0) is 24.6 Å². The number of carboxylic acid groups (broad SMARTS) is 1. The molecule has 0 aliphatic heterocycles. The molecule has 0 aromatic heterocycles. The van der Waals surface area contributed by atoms with Crippen LogP contribution in [0.2, 0.25) is 0 Å². The highest BCUT2D eigenvalue weighted by Gasteiger charge is 2.31. The molecular weight excluding hydrogens is 454 g/mol. The van der Waals surface area contributed by atoms with Crippen molar-refractivity contribution < 1.29 is 44.4 Å².